The molecular weight excluding hydrogens is 288 g/mol. The van der Waals surface area contributed by atoms with Crippen LogP contribution >= 0.6 is 11.8 Å². The second kappa shape index (κ2) is 5.75. The highest BCUT2D eigenvalue weighted by atomic mass is 32.2. The quantitative estimate of drug-likeness (QED) is 0.851. The van der Waals surface area contributed by atoms with Crippen LogP contribution in [0.1, 0.15) is 19.1 Å². The molecular formula is C15H20N2O3S. The van der Waals surface area contributed by atoms with Gasteiger partial charge in [-0.25, -0.2) is 0 Å². The Balaban J connectivity index is 1.63. The van der Waals surface area contributed by atoms with Gasteiger partial charge in [0.15, 0.2) is 0 Å². The van der Waals surface area contributed by atoms with Crippen LogP contribution in [0.3, 0.4) is 0 Å². The smallest absolute Gasteiger partial charge is 0.246 e. The average Bonchev–Trinajstić information content (AvgIpc) is 2.90. The lowest BCUT2D eigenvalue weighted by molar-refractivity contribution is -0.143. The number of carbonyl (C=O) groups excluding carboxylic acids is 2. The van der Waals surface area contributed by atoms with Crippen molar-refractivity contribution < 1.29 is 14.0 Å². The number of carbonyl (C=O) groups is 2. The van der Waals surface area contributed by atoms with Gasteiger partial charge in [0.2, 0.25) is 11.8 Å². The first kappa shape index (κ1) is 14.5. The van der Waals surface area contributed by atoms with Crippen LogP contribution in [0.5, 0.6) is 0 Å². The standard InChI is InChI=1S/C15H20N2O3S/c1-10-6-12(10)14(18)17-9-21-8-13(17)15(19)16(2)7-11-4-3-5-20-11/h3-5,10,12-13H,6-9H2,1-2H3/t10-,12-,13-/m1/s1. The lowest BCUT2D eigenvalue weighted by Gasteiger charge is -2.27. The van der Waals surface area contributed by atoms with Crippen molar-refractivity contribution in [3.05, 3.63) is 24.2 Å². The van der Waals surface area contributed by atoms with Crippen molar-refractivity contribution in [2.24, 2.45) is 11.8 Å². The van der Waals surface area contributed by atoms with E-state index in [4.69, 9.17) is 4.42 Å². The highest BCUT2D eigenvalue weighted by Crippen LogP contribution is 2.41. The number of hydrogen-bond donors (Lipinski definition) is 0. The van der Waals surface area contributed by atoms with Crippen LogP contribution in [0.2, 0.25) is 0 Å². The van der Waals surface area contributed by atoms with Gasteiger partial charge in [-0.3, -0.25) is 9.59 Å². The monoisotopic (exact) mass is 308 g/mol. The number of thioether (sulfide) groups is 1. The summed E-state index contributed by atoms with van der Waals surface area (Å²) in [6, 6.07) is 3.33. The van der Waals surface area contributed by atoms with E-state index < -0.39 is 0 Å². The van der Waals surface area contributed by atoms with Gasteiger partial charge in [-0.1, -0.05) is 6.92 Å². The van der Waals surface area contributed by atoms with Crippen molar-refractivity contribution in [2.45, 2.75) is 25.9 Å². The molecule has 1 aromatic rings. The van der Waals surface area contributed by atoms with Crippen LogP contribution < -0.4 is 0 Å². The molecule has 2 heterocycles. The zero-order chi connectivity index (χ0) is 15.0. The summed E-state index contributed by atoms with van der Waals surface area (Å²) in [5, 5.41) is 0. The van der Waals surface area contributed by atoms with Gasteiger partial charge in [-0.2, -0.15) is 0 Å². The predicted octanol–water partition coefficient (Wildman–Crippen LogP) is 1.80. The molecule has 1 aliphatic heterocycles. The molecule has 114 valence electrons. The molecule has 0 aromatic carbocycles. The molecule has 2 aliphatic rings. The molecule has 2 amide bonds. The summed E-state index contributed by atoms with van der Waals surface area (Å²) in [4.78, 5) is 28.4. The van der Waals surface area contributed by atoms with E-state index in [-0.39, 0.29) is 23.8 Å². The Morgan fingerprint density at radius 1 is 1.52 bits per heavy atom. The molecule has 2 fully saturated rings. The normalized spacial score (nSPS) is 27.7. The van der Waals surface area contributed by atoms with Crippen LogP contribution in [0.4, 0.5) is 0 Å². The second-order valence-electron chi connectivity index (χ2n) is 5.92. The first-order valence-electron chi connectivity index (χ1n) is 7.23. The fraction of sp³-hybridized carbons (Fsp3) is 0.600. The molecule has 0 bridgehead atoms. The third-order valence-electron chi connectivity index (χ3n) is 4.23. The van der Waals surface area contributed by atoms with Crippen LogP contribution in [0.15, 0.2) is 22.8 Å². The lowest BCUT2D eigenvalue weighted by atomic mass is 10.2. The number of hydrogen-bond acceptors (Lipinski definition) is 4. The van der Waals surface area contributed by atoms with E-state index in [1.165, 1.54) is 0 Å². The molecule has 1 aliphatic carbocycles. The van der Waals surface area contributed by atoms with Gasteiger partial charge in [0.1, 0.15) is 11.8 Å². The summed E-state index contributed by atoms with van der Waals surface area (Å²) in [6.45, 7) is 2.53. The number of furan rings is 1. The first-order valence-corrected chi connectivity index (χ1v) is 8.39. The summed E-state index contributed by atoms with van der Waals surface area (Å²) in [5.74, 6) is 2.83. The van der Waals surface area contributed by atoms with Gasteiger partial charge in [0, 0.05) is 18.7 Å². The second-order valence-corrected chi connectivity index (χ2v) is 6.92. The van der Waals surface area contributed by atoms with Gasteiger partial charge in [0.05, 0.1) is 18.7 Å². The van der Waals surface area contributed by atoms with Gasteiger partial charge < -0.3 is 14.2 Å². The van der Waals surface area contributed by atoms with Crippen LogP contribution in [-0.4, -0.2) is 46.3 Å². The molecule has 1 aromatic heterocycles. The average molecular weight is 308 g/mol. The molecule has 1 saturated carbocycles. The summed E-state index contributed by atoms with van der Waals surface area (Å²) in [5.41, 5.74) is 0. The zero-order valence-corrected chi connectivity index (χ0v) is 13.1. The fourth-order valence-electron chi connectivity index (χ4n) is 2.71. The van der Waals surface area contributed by atoms with Crippen molar-refractivity contribution in [1.29, 1.82) is 0 Å². The van der Waals surface area contributed by atoms with Crippen LogP contribution in [0.25, 0.3) is 0 Å². The number of likely N-dealkylation sites (N-methyl/N-ethyl adjacent to an activating group) is 1. The number of nitrogens with zero attached hydrogens (tertiary/aromatic N) is 2. The molecule has 1 saturated heterocycles. The topological polar surface area (TPSA) is 53.8 Å². The SMILES string of the molecule is C[C@@H]1C[C@H]1C(=O)N1CSC[C@@H]1C(=O)N(C)Cc1ccco1. The van der Waals surface area contributed by atoms with Gasteiger partial charge in [-0.15, -0.1) is 11.8 Å². The molecule has 0 radical (unpaired) electrons. The van der Waals surface area contributed by atoms with Crippen LogP contribution in [-0.2, 0) is 16.1 Å². The highest BCUT2D eigenvalue weighted by Gasteiger charge is 2.46. The zero-order valence-electron chi connectivity index (χ0n) is 12.3. The van der Waals surface area contributed by atoms with Gasteiger partial charge in [0.25, 0.3) is 0 Å². The molecule has 5 nitrogen and oxygen atoms in total. The van der Waals surface area contributed by atoms with E-state index >= 15 is 0 Å². The summed E-state index contributed by atoms with van der Waals surface area (Å²) < 4.78 is 5.27. The molecule has 0 spiro atoms. The third kappa shape index (κ3) is 2.95. The van der Waals surface area contributed by atoms with E-state index in [9.17, 15) is 9.59 Å². The maximum Gasteiger partial charge on any atom is 0.246 e. The van der Waals surface area contributed by atoms with Crippen molar-refractivity contribution in [1.82, 2.24) is 9.80 Å². The van der Waals surface area contributed by atoms with E-state index in [0.717, 1.165) is 12.2 Å². The van der Waals surface area contributed by atoms with E-state index in [2.05, 4.69) is 6.92 Å². The molecule has 0 unspecified atom stereocenters. The van der Waals surface area contributed by atoms with Gasteiger partial charge in [-0.05, 0) is 24.5 Å². The Hall–Kier alpha value is -1.43. The Morgan fingerprint density at radius 3 is 2.90 bits per heavy atom. The minimum atomic E-state index is -0.324. The Morgan fingerprint density at radius 2 is 2.29 bits per heavy atom. The van der Waals surface area contributed by atoms with E-state index in [0.29, 0.717) is 24.1 Å². The number of amides is 2. The first-order chi connectivity index (χ1) is 10.1. The van der Waals surface area contributed by atoms with Crippen molar-refractivity contribution in [3.63, 3.8) is 0 Å². The highest BCUT2D eigenvalue weighted by molar-refractivity contribution is 7.99. The molecule has 3 atom stereocenters. The van der Waals surface area contributed by atoms with Crippen molar-refractivity contribution in [3.8, 4) is 0 Å². The summed E-state index contributed by atoms with van der Waals surface area (Å²) >= 11 is 1.65. The molecule has 0 N–H and O–H groups in total. The Kier molecular flexibility index (Phi) is 3.97. The molecule has 3 rings (SSSR count). The minimum absolute atomic E-state index is 0.00180. The molecule has 6 heteroatoms. The number of rotatable bonds is 4. The van der Waals surface area contributed by atoms with E-state index in [1.54, 1.807) is 34.9 Å². The largest absolute Gasteiger partial charge is 0.467 e. The summed E-state index contributed by atoms with van der Waals surface area (Å²) in [7, 11) is 1.76. The maximum atomic E-state index is 12.6. The third-order valence-corrected chi connectivity index (χ3v) is 5.24. The van der Waals surface area contributed by atoms with E-state index in [1.807, 2.05) is 12.1 Å². The predicted molar refractivity (Wildman–Crippen MR) is 80.4 cm³/mol. The fourth-order valence-corrected chi connectivity index (χ4v) is 3.87. The lowest BCUT2D eigenvalue weighted by Crippen LogP contribution is -2.48. The van der Waals surface area contributed by atoms with Crippen molar-refractivity contribution in [2.75, 3.05) is 18.7 Å². The van der Waals surface area contributed by atoms with Crippen molar-refractivity contribution >= 4 is 23.6 Å². The van der Waals surface area contributed by atoms with Gasteiger partial charge >= 0.3 is 0 Å². The summed E-state index contributed by atoms with van der Waals surface area (Å²) in [6.07, 6.45) is 2.56. The maximum absolute atomic E-state index is 12.6. The van der Waals surface area contributed by atoms with Crippen LogP contribution in [0, 0.1) is 11.8 Å². The molecule has 21 heavy (non-hydrogen) atoms. The minimum Gasteiger partial charge on any atom is -0.467 e. The Bertz CT molecular complexity index is 531. The Labute approximate surface area is 128 Å².